The van der Waals surface area contributed by atoms with Gasteiger partial charge in [0.15, 0.2) is 0 Å². The van der Waals surface area contributed by atoms with Gasteiger partial charge in [0.2, 0.25) is 5.82 Å². The normalized spacial score (nSPS) is 17.5. The molecule has 0 amide bonds. The van der Waals surface area contributed by atoms with Crippen molar-refractivity contribution >= 4 is 11.7 Å². The summed E-state index contributed by atoms with van der Waals surface area (Å²) in [6.45, 7) is 8.55. The Morgan fingerprint density at radius 2 is 1.90 bits per heavy atom. The number of likely N-dealkylation sites (N-methyl/N-ethyl adjacent to an activating group) is 1. The monoisotopic (exact) mass is 544 g/mol. The highest BCUT2D eigenvalue weighted by Crippen LogP contribution is 2.41. The molecule has 0 spiro atoms. The van der Waals surface area contributed by atoms with E-state index in [9.17, 15) is 23.1 Å². The number of carboxylic acid groups (broad SMARTS) is 1. The lowest BCUT2D eigenvalue weighted by molar-refractivity contribution is -0.147. The number of hydrogen-bond acceptors (Lipinski definition) is 6. The predicted molar refractivity (Wildman–Crippen MR) is 143 cm³/mol. The third-order valence-electron chi connectivity index (χ3n) is 7.20. The van der Waals surface area contributed by atoms with Gasteiger partial charge in [-0.05, 0) is 68.5 Å². The van der Waals surface area contributed by atoms with Crippen molar-refractivity contribution in [3.05, 3.63) is 53.6 Å². The number of rotatable bonds is 7. The number of carbonyl (C=O) groups is 1. The second-order valence-corrected chi connectivity index (χ2v) is 11.4. The quantitative estimate of drug-likeness (QED) is 0.353. The molecular weight excluding hydrogens is 509 g/mol. The number of hydrogen-bond donors (Lipinski definition) is 1. The Labute approximate surface area is 226 Å². The van der Waals surface area contributed by atoms with Crippen molar-refractivity contribution in [2.45, 2.75) is 71.8 Å². The van der Waals surface area contributed by atoms with Crippen LogP contribution in [0.2, 0.25) is 0 Å². The number of piperidine rings is 1. The average molecular weight is 545 g/mol. The van der Waals surface area contributed by atoms with E-state index in [2.05, 4.69) is 10.1 Å². The third kappa shape index (κ3) is 6.43. The molecule has 10 heteroatoms. The lowest BCUT2D eigenvalue weighted by Crippen LogP contribution is -2.47. The third-order valence-corrected chi connectivity index (χ3v) is 7.20. The van der Waals surface area contributed by atoms with Gasteiger partial charge in [0.05, 0.1) is 5.56 Å². The molecule has 1 aliphatic heterocycles. The standard InChI is InChI=1S/C29H35F3N4O3/c1-18-9-6-7-14-36(18)23-13-12-21(16-22(23)29(30,31)32)26-33-25(34-39-26)20-11-8-10-19(15-20)17-35(5)24(27(37)38)28(2,3)4/h8,10-13,15-16,18,24H,6-7,9,14,17H2,1-5H3,(H,37,38)/t18-,24?/m0/s1. The van der Waals surface area contributed by atoms with Crippen LogP contribution in [0.15, 0.2) is 47.0 Å². The lowest BCUT2D eigenvalue weighted by Gasteiger charge is -2.37. The van der Waals surface area contributed by atoms with Crippen molar-refractivity contribution in [1.82, 2.24) is 15.0 Å². The number of nitrogens with zero attached hydrogens (tertiary/aromatic N) is 4. The van der Waals surface area contributed by atoms with Gasteiger partial charge in [-0.1, -0.05) is 44.1 Å². The highest BCUT2D eigenvalue weighted by atomic mass is 19.4. The molecule has 1 fully saturated rings. The molecule has 39 heavy (non-hydrogen) atoms. The minimum atomic E-state index is -4.54. The molecule has 2 heterocycles. The molecule has 4 rings (SSSR count). The fourth-order valence-corrected chi connectivity index (χ4v) is 5.47. The summed E-state index contributed by atoms with van der Waals surface area (Å²) in [5.74, 6) is -0.666. The summed E-state index contributed by atoms with van der Waals surface area (Å²) in [4.78, 5) is 19.9. The van der Waals surface area contributed by atoms with E-state index in [1.807, 2.05) is 44.7 Å². The first-order valence-corrected chi connectivity index (χ1v) is 13.1. The Morgan fingerprint density at radius 1 is 1.15 bits per heavy atom. The smallest absolute Gasteiger partial charge is 0.418 e. The molecule has 0 radical (unpaired) electrons. The van der Waals surface area contributed by atoms with E-state index >= 15 is 0 Å². The summed E-state index contributed by atoms with van der Waals surface area (Å²) in [6, 6.07) is 10.8. The summed E-state index contributed by atoms with van der Waals surface area (Å²) >= 11 is 0. The molecule has 7 nitrogen and oxygen atoms in total. The van der Waals surface area contributed by atoms with Crippen LogP contribution in [0.25, 0.3) is 22.8 Å². The van der Waals surface area contributed by atoms with E-state index < -0.39 is 29.2 Å². The van der Waals surface area contributed by atoms with Crippen molar-refractivity contribution in [2.75, 3.05) is 18.5 Å². The molecule has 1 unspecified atom stereocenters. The zero-order valence-electron chi connectivity index (χ0n) is 22.9. The number of aromatic nitrogens is 2. The first-order valence-electron chi connectivity index (χ1n) is 13.1. The second kappa shape index (κ2) is 11.0. The van der Waals surface area contributed by atoms with Gasteiger partial charge in [-0.15, -0.1) is 0 Å². The Morgan fingerprint density at radius 3 is 2.54 bits per heavy atom. The van der Waals surface area contributed by atoms with Crippen LogP contribution in [0.5, 0.6) is 0 Å². The average Bonchev–Trinajstić information content (AvgIpc) is 3.33. The van der Waals surface area contributed by atoms with E-state index in [4.69, 9.17) is 4.52 Å². The number of carboxylic acids is 1. The van der Waals surface area contributed by atoms with Crippen molar-refractivity contribution in [3.8, 4) is 22.8 Å². The Balaban J connectivity index is 1.60. The van der Waals surface area contributed by atoms with Gasteiger partial charge in [0, 0.05) is 35.9 Å². The fraction of sp³-hybridized carbons (Fsp3) is 0.483. The van der Waals surface area contributed by atoms with Crippen LogP contribution < -0.4 is 4.90 Å². The van der Waals surface area contributed by atoms with Gasteiger partial charge in [0.1, 0.15) is 6.04 Å². The minimum Gasteiger partial charge on any atom is -0.480 e. The number of alkyl halides is 3. The summed E-state index contributed by atoms with van der Waals surface area (Å²) in [5, 5.41) is 13.7. The molecule has 1 aliphatic rings. The molecule has 1 aromatic heterocycles. The van der Waals surface area contributed by atoms with E-state index in [-0.39, 0.29) is 29.0 Å². The van der Waals surface area contributed by atoms with Gasteiger partial charge >= 0.3 is 12.1 Å². The molecule has 210 valence electrons. The Kier molecular flexibility index (Phi) is 8.07. The first-order chi connectivity index (χ1) is 18.3. The van der Waals surface area contributed by atoms with Crippen molar-refractivity contribution in [2.24, 2.45) is 5.41 Å². The molecule has 2 atom stereocenters. The van der Waals surface area contributed by atoms with Gasteiger partial charge in [0.25, 0.3) is 5.89 Å². The van der Waals surface area contributed by atoms with Crippen LogP contribution in [0.4, 0.5) is 18.9 Å². The molecular formula is C29H35F3N4O3. The van der Waals surface area contributed by atoms with Crippen LogP contribution in [0.3, 0.4) is 0 Å². The maximum atomic E-state index is 14.1. The number of halogens is 3. The highest BCUT2D eigenvalue weighted by Gasteiger charge is 2.37. The van der Waals surface area contributed by atoms with Gasteiger partial charge < -0.3 is 14.5 Å². The second-order valence-electron chi connectivity index (χ2n) is 11.4. The predicted octanol–water partition coefficient (Wildman–Crippen LogP) is 6.73. The van der Waals surface area contributed by atoms with E-state index in [1.54, 1.807) is 30.1 Å². The SMILES string of the molecule is C[C@H]1CCCCN1c1ccc(-c2nc(-c3cccc(CN(C)C(C(=O)O)C(C)(C)C)c3)no2)cc1C(F)(F)F. The topological polar surface area (TPSA) is 82.7 Å². The summed E-state index contributed by atoms with van der Waals surface area (Å²) in [7, 11) is 1.76. The maximum Gasteiger partial charge on any atom is 0.418 e. The maximum absolute atomic E-state index is 14.1. The zero-order valence-corrected chi connectivity index (χ0v) is 22.9. The molecule has 1 N–H and O–H groups in total. The van der Waals surface area contributed by atoms with Crippen molar-refractivity contribution < 1.29 is 27.6 Å². The van der Waals surface area contributed by atoms with Crippen LogP contribution >= 0.6 is 0 Å². The van der Waals surface area contributed by atoms with Crippen molar-refractivity contribution in [3.63, 3.8) is 0 Å². The molecule has 0 aliphatic carbocycles. The largest absolute Gasteiger partial charge is 0.480 e. The van der Waals surface area contributed by atoms with Gasteiger partial charge in [-0.25, -0.2) is 0 Å². The Bertz CT molecular complexity index is 1320. The molecule has 2 aromatic carbocycles. The van der Waals surface area contributed by atoms with Crippen LogP contribution in [0.1, 0.15) is 58.1 Å². The first kappa shape index (κ1) is 28.6. The van der Waals surface area contributed by atoms with Gasteiger partial charge in [-0.3, -0.25) is 9.69 Å². The summed E-state index contributed by atoms with van der Waals surface area (Å²) < 4.78 is 47.7. The van der Waals surface area contributed by atoms with Crippen LogP contribution in [0, 0.1) is 5.41 Å². The summed E-state index contributed by atoms with van der Waals surface area (Å²) in [5.41, 5.74) is 0.636. The minimum absolute atomic E-state index is 0.00469. The number of benzene rings is 2. The molecule has 0 bridgehead atoms. The zero-order chi connectivity index (χ0) is 28.5. The van der Waals surface area contributed by atoms with Gasteiger partial charge in [-0.2, -0.15) is 18.2 Å². The Hall–Kier alpha value is -3.40. The summed E-state index contributed by atoms with van der Waals surface area (Å²) in [6.07, 6.45) is -1.81. The highest BCUT2D eigenvalue weighted by molar-refractivity contribution is 5.74. The van der Waals surface area contributed by atoms with Crippen LogP contribution in [-0.4, -0.2) is 51.8 Å². The van der Waals surface area contributed by atoms with E-state index in [0.29, 0.717) is 18.7 Å². The van der Waals surface area contributed by atoms with E-state index in [0.717, 1.165) is 30.9 Å². The molecule has 3 aromatic rings. The molecule has 1 saturated heterocycles. The number of aliphatic carboxylic acids is 1. The van der Waals surface area contributed by atoms with Crippen LogP contribution in [-0.2, 0) is 17.5 Å². The fourth-order valence-electron chi connectivity index (χ4n) is 5.47. The van der Waals surface area contributed by atoms with Crippen molar-refractivity contribution in [1.29, 1.82) is 0 Å². The number of anilines is 1. The van der Waals surface area contributed by atoms with E-state index in [1.165, 1.54) is 6.07 Å². The lowest BCUT2D eigenvalue weighted by atomic mass is 9.85. The molecule has 0 saturated carbocycles.